The Kier molecular flexibility index (Phi) is 6.37. The Bertz CT molecular complexity index is 1230. The lowest BCUT2D eigenvalue weighted by atomic mass is 9.85. The zero-order chi connectivity index (χ0) is 23.7. The quantitative estimate of drug-likeness (QED) is 0.462. The number of fused-ring (bicyclic) bond motifs is 1. The molecule has 0 spiro atoms. The monoisotopic (exact) mass is 449 g/mol. The van der Waals surface area contributed by atoms with E-state index in [0.717, 1.165) is 33.8 Å². The summed E-state index contributed by atoms with van der Waals surface area (Å²) in [5, 5.41) is 20.6. The molecule has 8 heteroatoms. The van der Waals surface area contributed by atoms with Gasteiger partial charge >= 0.3 is 0 Å². The van der Waals surface area contributed by atoms with Crippen molar-refractivity contribution in [2.24, 2.45) is 0 Å². The number of H-pyrrole nitrogens is 1. The van der Waals surface area contributed by atoms with Gasteiger partial charge < -0.3 is 20.7 Å². The number of aliphatic hydroxyl groups excluding tert-OH is 1. The van der Waals surface area contributed by atoms with Gasteiger partial charge in [0.25, 0.3) is 5.56 Å². The highest BCUT2D eigenvalue weighted by Gasteiger charge is 2.35. The standard InChI is InChI=1S/C25H31N5O3/c1-14(2)30-23-21(12-27-30)19(10-22(29-23)18-7-5-6-17(9-18)13-31)24(32)26-11-20-15(3)8-16(4)28-25(20)33/h5-9,12,14,19,22,29,31H,10-11,13H2,1-4H3,(H,26,32)(H,28,33). The van der Waals surface area contributed by atoms with E-state index in [0.29, 0.717) is 12.0 Å². The first kappa shape index (κ1) is 22.8. The van der Waals surface area contributed by atoms with Crippen LogP contribution in [0.5, 0.6) is 0 Å². The van der Waals surface area contributed by atoms with Crippen LogP contribution in [0.2, 0.25) is 0 Å². The van der Waals surface area contributed by atoms with Crippen molar-refractivity contribution >= 4 is 11.7 Å². The SMILES string of the molecule is Cc1cc(C)c(CNC(=O)C2CC(c3cccc(CO)c3)Nc3c2cnn3C(C)C)c(=O)[nH]1. The molecule has 1 aliphatic rings. The van der Waals surface area contributed by atoms with Crippen molar-refractivity contribution in [3.05, 3.63) is 80.4 Å². The highest BCUT2D eigenvalue weighted by atomic mass is 16.3. The predicted octanol–water partition coefficient (Wildman–Crippen LogP) is 3.22. The zero-order valence-electron chi connectivity index (χ0n) is 19.5. The van der Waals surface area contributed by atoms with Gasteiger partial charge in [0.05, 0.1) is 24.8 Å². The van der Waals surface area contributed by atoms with Crippen molar-refractivity contribution in [3.8, 4) is 0 Å². The molecule has 0 saturated carbocycles. The van der Waals surface area contributed by atoms with Gasteiger partial charge in [0.15, 0.2) is 0 Å². The number of hydrogen-bond acceptors (Lipinski definition) is 5. The lowest BCUT2D eigenvalue weighted by molar-refractivity contribution is -0.123. The normalized spacial score (nSPS) is 17.5. The Morgan fingerprint density at radius 1 is 1.30 bits per heavy atom. The number of rotatable bonds is 6. The number of amides is 1. The number of carbonyl (C=O) groups excluding carboxylic acids is 1. The number of hydrogen-bond donors (Lipinski definition) is 4. The molecule has 2 unspecified atom stereocenters. The van der Waals surface area contributed by atoms with Crippen molar-refractivity contribution in [2.75, 3.05) is 5.32 Å². The van der Waals surface area contributed by atoms with Gasteiger partial charge in [-0.25, -0.2) is 4.68 Å². The molecule has 3 aromatic rings. The van der Waals surface area contributed by atoms with E-state index < -0.39 is 5.92 Å². The molecule has 3 heterocycles. The Morgan fingerprint density at radius 2 is 2.09 bits per heavy atom. The topological polar surface area (TPSA) is 112 Å². The molecule has 4 rings (SSSR count). The molecule has 0 fully saturated rings. The number of nitrogens with one attached hydrogen (secondary N) is 3. The van der Waals surface area contributed by atoms with Crippen molar-refractivity contribution in [3.63, 3.8) is 0 Å². The Labute approximate surface area is 193 Å². The van der Waals surface area contributed by atoms with Crippen LogP contribution in [-0.2, 0) is 17.9 Å². The lowest BCUT2D eigenvalue weighted by Gasteiger charge is -2.32. The molecule has 2 aromatic heterocycles. The molecule has 1 amide bonds. The minimum absolute atomic E-state index is 0.0376. The van der Waals surface area contributed by atoms with Crippen LogP contribution in [0.3, 0.4) is 0 Å². The maximum atomic E-state index is 13.4. The summed E-state index contributed by atoms with van der Waals surface area (Å²) in [7, 11) is 0. The van der Waals surface area contributed by atoms with Gasteiger partial charge in [0.1, 0.15) is 5.82 Å². The summed E-state index contributed by atoms with van der Waals surface area (Å²) < 4.78 is 1.90. The second-order valence-corrected chi connectivity index (χ2v) is 9.04. The molecule has 4 N–H and O–H groups in total. The minimum atomic E-state index is -0.415. The number of pyridine rings is 1. The second kappa shape index (κ2) is 9.23. The molecule has 0 radical (unpaired) electrons. The maximum Gasteiger partial charge on any atom is 0.253 e. The van der Waals surface area contributed by atoms with E-state index in [1.54, 1.807) is 6.20 Å². The van der Waals surface area contributed by atoms with Crippen molar-refractivity contribution in [1.29, 1.82) is 0 Å². The average molecular weight is 450 g/mol. The van der Waals surface area contributed by atoms with Gasteiger partial charge in [-0.2, -0.15) is 5.10 Å². The van der Waals surface area contributed by atoms with Gasteiger partial charge in [-0.3, -0.25) is 9.59 Å². The van der Waals surface area contributed by atoms with Crippen molar-refractivity contribution in [1.82, 2.24) is 20.1 Å². The Balaban J connectivity index is 1.63. The van der Waals surface area contributed by atoms with E-state index in [-0.39, 0.29) is 36.7 Å². The number of carbonyl (C=O) groups is 1. The maximum absolute atomic E-state index is 13.4. The fourth-order valence-corrected chi connectivity index (χ4v) is 4.53. The summed E-state index contributed by atoms with van der Waals surface area (Å²) in [4.78, 5) is 28.6. The van der Waals surface area contributed by atoms with Gasteiger partial charge in [-0.05, 0) is 56.9 Å². The Hall–Kier alpha value is -3.39. The first-order valence-electron chi connectivity index (χ1n) is 11.3. The number of aromatic amines is 1. The number of benzene rings is 1. The second-order valence-electron chi connectivity index (χ2n) is 9.04. The summed E-state index contributed by atoms with van der Waals surface area (Å²) in [6.45, 7) is 7.94. The first-order chi connectivity index (χ1) is 15.8. The summed E-state index contributed by atoms with van der Waals surface area (Å²) >= 11 is 0. The summed E-state index contributed by atoms with van der Waals surface area (Å²) in [6.07, 6.45) is 2.30. The Morgan fingerprint density at radius 3 is 2.79 bits per heavy atom. The van der Waals surface area contributed by atoms with Crippen LogP contribution < -0.4 is 16.2 Å². The van der Waals surface area contributed by atoms with Crippen molar-refractivity contribution < 1.29 is 9.90 Å². The van der Waals surface area contributed by atoms with Gasteiger partial charge in [-0.15, -0.1) is 0 Å². The summed E-state index contributed by atoms with van der Waals surface area (Å²) in [6, 6.07) is 9.67. The van der Waals surface area contributed by atoms with E-state index in [9.17, 15) is 14.7 Å². The number of aromatic nitrogens is 3. The van der Waals surface area contributed by atoms with Crippen LogP contribution in [-0.4, -0.2) is 25.8 Å². The van der Waals surface area contributed by atoms with E-state index in [1.807, 2.05) is 62.7 Å². The third-order valence-corrected chi connectivity index (χ3v) is 6.26. The number of aliphatic hydroxyl groups is 1. The molecule has 1 aliphatic heterocycles. The van der Waals surface area contributed by atoms with Crippen LogP contribution >= 0.6 is 0 Å². The first-order valence-corrected chi connectivity index (χ1v) is 11.3. The third kappa shape index (κ3) is 4.57. The zero-order valence-corrected chi connectivity index (χ0v) is 19.5. The molecular formula is C25H31N5O3. The van der Waals surface area contributed by atoms with Crippen LogP contribution in [0.15, 0.2) is 41.3 Å². The number of nitrogens with zero attached hydrogens (tertiary/aromatic N) is 2. The molecule has 0 aliphatic carbocycles. The number of aryl methyl sites for hydroxylation is 2. The molecule has 2 atom stereocenters. The molecule has 0 saturated heterocycles. The van der Waals surface area contributed by atoms with Crippen LogP contribution in [0, 0.1) is 13.8 Å². The highest BCUT2D eigenvalue weighted by Crippen LogP contribution is 2.41. The largest absolute Gasteiger partial charge is 0.392 e. The molecule has 1 aromatic carbocycles. The van der Waals surface area contributed by atoms with Crippen molar-refractivity contribution in [2.45, 2.75) is 65.3 Å². The fourth-order valence-electron chi connectivity index (χ4n) is 4.53. The fraction of sp³-hybridized carbons (Fsp3) is 0.400. The predicted molar refractivity (Wildman–Crippen MR) is 127 cm³/mol. The van der Waals surface area contributed by atoms with Gasteiger partial charge in [0.2, 0.25) is 5.91 Å². The summed E-state index contributed by atoms with van der Waals surface area (Å²) in [5.74, 6) is 0.283. The van der Waals surface area contributed by atoms with E-state index in [4.69, 9.17) is 0 Å². The number of anilines is 1. The smallest absolute Gasteiger partial charge is 0.253 e. The summed E-state index contributed by atoms with van der Waals surface area (Å²) in [5.41, 5.74) is 4.72. The molecule has 33 heavy (non-hydrogen) atoms. The van der Waals surface area contributed by atoms with E-state index in [2.05, 4.69) is 20.7 Å². The molecule has 0 bridgehead atoms. The van der Waals surface area contributed by atoms with E-state index >= 15 is 0 Å². The molecule has 174 valence electrons. The van der Waals surface area contributed by atoms with Crippen LogP contribution in [0.25, 0.3) is 0 Å². The molecule has 8 nitrogen and oxygen atoms in total. The van der Waals surface area contributed by atoms with E-state index in [1.165, 1.54) is 0 Å². The minimum Gasteiger partial charge on any atom is -0.392 e. The highest BCUT2D eigenvalue weighted by molar-refractivity contribution is 5.86. The lowest BCUT2D eigenvalue weighted by Crippen LogP contribution is -2.35. The van der Waals surface area contributed by atoms with Gasteiger partial charge in [-0.1, -0.05) is 24.3 Å². The van der Waals surface area contributed by atoms with Crippen LogP contribution in [0.4, 0.5) is 5.82 Å². The van der Waals surface area contributed by atoms with Crippen LogP contribution in [0.1, 0.15) is 71.8 Å². The van der Waals surface area contributed by atoms with Gasteiger partial charge in [0, 0.05) is 29.4 Å². The molecular weight excluding hydrogens is 418 g/mol. The third-order valence-electron chi connectivity index (χ3n) is 6.26. The average Bonchev–Trinajstić information content (AvgIpc) is 3.22.